The molecule has 0 spiro atoms. The molecule has 2 rings (SSSR count). The van der Waals surface area contributed by atoms with Gasteiger partial charge in [0.2, 0.25) is 0 Å². The summed E-state index contributed by atoms with van der Waals surface area (Å²) >= 11 is 0. The molecule has 0 unspecified atom stereocenters. The van der Waals surface area contributed by atoms with Crippen LogP contribution in [0.25, 0.3) is 0 Å². The molecular weight excluding hydrogens is 270 g/mol. The number of rotatable bonds is 7. The fourth-order valence-electron chi connectivity index (χ4n) is 2.76. The van der Waals surface area contributed by atoms with Gasteiger partial charge in [0, 0.05) is 12.3 Å². The summed E-state index contributed by atoms with van der Waals surface area (Å²) in [4.78, 5) is 14.1. The predicted molar refractivity (Wildman–Crippen MR) is 80.0 cm³/mol. The normalized spacial score (nSPS) is 23.3. The summed E-state index contributed by atoms with van der Waals surface area (Å²) in [6, 6.07) is 0. The van der Waals surface area contributed by atoms with Gasteiger partial charge in [0.25, 0.3) is 0 Å². The molecule has 5 nitrogen and oxygen atoms in total. The third-order valence-corrected chi connectivity index (χ3v) is 4.18. The summed E-state index contributed by atoms with van der Waals surface area (Å²) in [6.45, 7) is 9.07. The van der Waals surface area contributed by atoms with E-state index in [1.165, 1.54) is 25.9 Å². The van der Waals surface area contributed by atoms with Crippen molar-refractivity contribution < 1.29 is 19.0 Å². The third kappa shape index (κ3) is 6.32. The maximum atomic E-state index is 11.7. The molecular formula is C16H29NO4. The lowest BCUT2D eigenvalue weighted by Gasteiger charge is -2.34. The summed E-state index contributed by atoms with van der Waals surface area (Å²) in [7, 11) is 0. The van der Waals surface area contributed by atoms with Crippen LogP contribution in [0.4, 0.5) is 0 Å². The molecule has 0 radical (unpaired) electrons. The van der Waals surface area contributed by atoms with Crippen molar-refractivity contribution in [2.24, 2.45) is 5.92 Å². The Morgan fingerprint density at radius 3 is 2.57 bits per heavy atom. The summed E-state index contributed by atoms with van der Waals surface area (Å²) in [5, 5.41) is 0. The van der Waals surface area contributed by atoms with Crippen molar-refractivity contribution in [3.63, 3.8) is 0 Å². The molecule has 0 bridgehead atoms. The Balaban J connectivity index is 1.47. The average Bonchev–Trinajstić information content (AvgIpc) is 2.94. The highest BCUT2D eigenvalue weighted by atomic mass is 16.7. The Morgan fingerprint density at radius 1 is 1.24 bits per heavy atom. The van der Waals surface area contributed by atoms with Gasteiger partial charge in [-0.1, -0.05) is 0 Å². The van der Waals surface area contributed by atoms with Gasteiger partial charge in [-0.25, -0.2) is 0 Å². The summed E-state index contributed by atoms with van der Waals surface area (Å²) in [5.74, 6) is -0.217. The van der Waals surface area contributed by atoms with Crippen molar-refractivity contribution >= 4 is 5.97 Å². The molecule has 0 amide bonds. The standard InChI is InChI=1S/C16H29NO4/c1-16(2)20-12-14(13-21-16)7-11-19-15(18)6-5-10-17-8-3-4-9-17/h14H,3-13H2,1-2H3. The van der Waals surface area contributed by atoms with Crippen molar-refractivity contribution in [2.75, 3.05) is 39.5 Å². The molecule has 122 valence electrons. The topological polar surface area (TPSA) is 48.0 Å². The van der Waals surface area contributed by atoms with E-state index in [2.05, 4.69) is 4.90 Å². The Morgan fingerprint density at radius 2 is 1.90 bits per heavy atom. The van der Waals surface area contributed by atoms with Gasteiger partial charge in [0.05, 0.1) is 19.8 Å². The highest BCUT2D eigenvalue weighted by Gasteiger charge is 2.28. The van der Waals surface area contributed by atoms with Crippen molar-refractivity contribution in [1.29, 1.82) is 0 Å². The number of ether oxygens (including phenoxy) is 3. The monoisotopic (exact) mass is 299 g/mol. The second-order valence-corrected chi connectivity index (χ2v) is 6.55. The number of hydrogen-bond donors (Lipinski definition) is 0. The first kappa shape index (κ1) is 16.7. The van der Waals surface area contributed by atoms with Crippen molar-refractivity contribution in [1.82, 2.24) is 4.90 Å². The number of carbonyl (C=O) groups is 1. The lowest BCUT2D eigenvalue weighted by atomic mass is 10.1. The molecule has 2 fully saturated rings. The second kappa shape index (κ2) is 8.11. The zero-order valence-corrected chi connectivity index (χ0v) is 13.4. The lowest BCUT2D eigenvalue weighted by Crippen LogP contribution is -2.39. The molecule has 2 aliphatic heterocycles. The van der Waals surface area contributed by atoms with Gasteiger partial charge >= 0.3 is 5.97 Å². The Labute approximate surface area is 127 Å². The molecule has 0 aromatic carbocycles. The molecule has 0 aromatic heterocycles. The van der Waals surface area contributed by atoms with E-state index < -0.39 is 5.79 Å². The molecule has 0 saturated carbocycles. The number of carbonyl (C=O) groups excluding carboxylic acids is 1. The molecule has 21 heavy (non-hydrogen) atoms. The minimum atomic E-state index is -0.469. The van der Waals surface area contributed by atoms with E-state index >= 15 is 0 Å². The lowest BCUT2D eigenvalue weighted by molar-refractivity contribution is -0.263. The third-order valence-electron chi connectivity index (χ3n) is 4.18. The van der Waals surface area contributed by atoms with E-state index in [0.29, 0.717) is 32.2 Å². The van der Waals surface area contributed by atoms with E-state index in [0.717, 1.165) is 19.4 Å². The highest BCUT2D eigenvalue weighted by Crippen LogP contribution is 2.22. The van der Waals surface area contributed by atoms with Crippen LogP contribution >= 0.6 is 0 Å². The maximum absolute atomic E-state index is 11.7. The van der Waals surface area contributed by atoms with Crippen LogP contribution in [0.15, 0.2) is 0 Å². The number of hydrogen-bond acceptors (Lipinski definition) is 5. The molecule has 0 aliphatic carbocycles. The summed E-state index contributed by atoms with van der Waals surface area (Å²) in [6.07, 6.45) is 4.84. The first-order chi connectivity index (χ1) is 10.1. The Kier molecular flexibility index (Phi) is 6.45. The molecule has 0 aromatic rings. The first-order valence-corrected chi connectivity index (χ1v) is 8.21. The molecule has 2 heterocycles. The molecule has 0 N–H and O–H groups in total. The predicted octanol–water partition coefficient (Wildman–Crippen LogP) is 2.19. The van der Waals surface area contributed by atoms with Crippen LogP contribution in [0.5, 0.6) is 0 Å². The van der Waals surface area contributed by atoms with Crippen LogP contribution in [0.2, 0.25) is 0 Å². The number of esters is 1. The molecule has 5 heteroatoms. The van der Waals surface area contributed by atoms with Gasteiger partial charge in [0.1, 0.15) is 0 Å². The highest BCUT2D eigenvalue weighted by molar-refractivity contribution is 5.69. The molecule has 0 atom stereocenters. The van der Waals surface area contributed by atoms with Crippen LogP contribution in [0, 0.1) is 5.92 Å². The second-order valence-electron chi connectivity index (χ2n) is 6.55. The van der Waals surface area contributed by atoms with E-state index in [9.17, 15) is 4.79 Å². The van der Waals surface area contributed by atoms with Crippen molar-refractivity contribution in [3.8, 4) is 0 Å². The van der Waals surface area contributed by atoms with Crippen LogP contribution in [0.3, 0.4) is 0 Å². The van der Waals surface area contributed by atoms with E-state index in [4.69, 9.17) is 14.2 Å². The quantitative estimate of drug-likeness (QED) is 0.674. The average molecular weight is 299 g/mol. The van der Waals surface area contributed by atoms with Crippen molar-refractivity contribution in [3.05, 3.63) is 0 Å². The fraction of sp³-hybridized carbons (Fsp3) is 0.938. The zero-order chi connectivity index (χ0) is 15.1. The largest absolute Gasteiger partial charge is 0.466 e. The van der Waals surface area contributed by atoms with Crippen LogP contribution in [-0.2, 0) is 19.0 Å². The Hall–Kier alpha value is -0.650. The minimum absolute atomic E-state index is 0.0767. The van der Waals surface area contributed by atoms with E-state index in [-0.39, 0.29) is 5.97 Å². The smallest absolute Gasteiger partial charge is 0.305 e. The van der Waals surface area contributed by atoms with Gasteiger partial charge in [0.15, 0.2) is 5.79 Å². The van der Waals surface area contributed by atoms with Crippen LogP contribution in [0.1, 0.15) is 46.0 Å². The minimum Gasteiger partial charge on any atom is -0.466 e. The zero-order valence-electron chi connectivity index (χ0n) is 13.4. The number of nitrogens with zero attached hydrogens (tertiary/aromatic N) is 1. The van der Waals surface area contributed by atoms with Gasteiger partial charge in [-0.05, 0) is 59.2 Å². The van der Waals surface area contributed by atoms with Crippen molar-refractivity contribution in [2.45, 2.75) is 51.7 Å². The molecule has 2 aliphatic rings. The number of likely N-dealkylation sites (tertiary alicyclic amines) is 1. The van der Waals surface area contributed by atoms with Gasteiger partial charge in [-0.15, -0.1) is 0 Å². The van der Waals surface area contributed by atoms with E-state index in [1.54, 1.807) is 0 Å². The van der Waals surface area contributed by atoms with Gasteiger partial charge in [-0.2, -0.15) is 0 Å². The van der Waals surface area contributed by atoms with Gasteiger partial charge in [-0.3, -0.25) is 4.79 Å². The maximum Gasteiger partial charge on any atom is 0.305 e. The van der Waals surface area contributed by atoms with Crippen LogP contribution < -0.4 is 0 Å². The first-order valence-electron chi connectivity index (χ1n) is 8.21. The summed E-state index contributed by atoms with van der Waals surface area (Å²) in [5.41, 5.74) is 0. The summed E-state index contributed by atoms with van der Waals surface area (Å²) < 4.78 is 16.5. The molecule has 2 saturated heterocycles. The van der Waals surface area contributed by atoms with Crippen LogP contribution in [-0.4, -0.2) is 56.1 Å². The van der Waals surface area contributed by atoms with E-state index in [1.807, 2.05) is 13.8 Å². The SMILES string of the molecule is CC1(C)OCC(CCOC(=O)CCCN2CCCC2)CO1. The van der Waals surface area contributed by atoms with Gasteiger partial charge < -0.3 is 19.1 Å². The Bertz CT molecular complexity index is 316. The fourth-order valence-corrected chi connectivity index (χ4v) is 2.76.